The van der Waals surface area contributed by atoms with Gasteiger partial charge in [0.2, 0.25) is 0 Å². The van der Waals surface area contributed by atoms with Crippen molar-refractivity contribution in [2.75, 3.05) is 11.9 Å². The van der Waals surface area contributed by atoms with Gasteiger partial charge in [0.1, 0.15) is 0 Å². The molecule has 1 fully saturated rings. The van der Waals surface area contributed by atoms with Crippen molar-refractivity contribution in [3.8, 4) is 11.3 Å². The predicted octanol–water partition coefficient (Wildman–Crippen LogP) is 4.84. The van der Waals surface area contributed by atoms with Gasteiger partial charge in [-0.3, -0.25) is 9.20 Å². The minimum absolute atomic E-state index is 0.159. The zero-order valence-corrected chi connectivity index (χ0v) is 16.2. The molecule has 0 spiro atoms. The lowest BCUT2D eigenvalue weighted by Crippen LogP contribution is -2.20. The van der Waals surface area contributed by atoms with Crippen molar-refractivity contribution in [1.82, 2.24) is 14.4 Å². The number of Topliss-reactive ketones (excluding diaryl/α,β-unsaturated/α-hetero) is 1. The number of benzene rings is 1. The first-order chi connectivity index (χ1) is 12.9. The van der Waals surface area contributed by atoms with E-state index in [1.165, 1.54) is 12.8 Å². The van der Waals surface area contributed by atoms with Gasteiger partial charge in [0, 0.05) is 36.5 Å². The Morgan fingerprint density at radius 2 is 1.93 bits per heavy atom. The summed E-state index contributed by atoms with van der Waals surface area (Å²) in [7, 11) is 0. The second-order valence-corrected chi connectivity index (χ2v) is 8.68. The van der Waals surface area contributed by atoms with Crippen molar-refractivity contribution in [2.24, 2.45) is 11.3 Å². The summed E-state index contributed by atoms with van der Waals surface area (Å²) in [4.78, 5) is 21.3. The smallest absolute Gasteiger partial charge is 0.180 e. The standard InChI is InChI=1S/C22H26N4O/c1-22(2,3)14-25-20-21-24-13-18(26(21)11-10-23-20)16-6-8-17(9-7-16)19(27)12-15-4-5-15/h6-11,13,15H,4-5,12,14H2,1-3H3,(H,23,25). The number of carbonyl (C=O) groups excluding carboxylic acids is 1. The van der Waals surface area contributed by atoms with Crippen molar-refractivity contribution in [3.05, 3.63) is 48.4 Å². The third kappa shape index (κ3) is 4.02. The van der Waals surface area contributed by atoms with Crippen LogP contribution in [0.5, 0.6) is 0 Å². The van der Waals surface area contributed by atoms with E-state index in [-0.39, 0.29) is 11.2 Å². The van der Waals surface area contributed by atoms with E-state index in [4.69, 9.17) is 0 Å². The number of fused-ring (bicyclic) bond motifs is 1. The van der Waals surface area contributed by atoms with Crippen LogP contribution >= 0.6 is 0 Å². The molecule has 1 aliphatic carbocycles. The molecule has 0 unspecified atom stereocenters. The first-order valence-electron chi connectivity index (χ1n) is 9.60. The Hall–Kier alpha value is -2.69. The number of anilines is 1. The third-order valence-corrected chi connectivity index (χ3v) is 4.89. The molecule has 0 amide bonds. The van der Waals surface area contributed by atoms with Gasteiger partial charge in [-0.25, -0.2) is 9.97 Å². The van der Waals surface area contributed by atoms with Crippen LogP contribution in [-0.4, -0.2) is 26.7 Å². The van der Waals surface area contributed by atoms with E-state index in [9.17, 15) is 4.79 Å². The summed E-state index contributed by atoms with van der Waals surface area (Å²) in [6, 6.07) is 7.87. The Morgan fingerprint density at radius 1 is 1.19 bits per heavy atom. The van der Waals surface area contributed by atoms with Gasteiger partial charge in [0.25, 0.3) is 0 Å². The van der Waals surface area contributed by atoms with Crippen LogP contribution < -0.4 is 5.32 Å². The second-order valence-electron chi connectivity index (χ2n) is 8.68. The fourth-order valence-corrected chi connectivity index (χ4v) is 3.14. The highest BCUT2D eigenvalue weighted by Crippen LogP contribution is 2.33. The van der Waals surface area contributed by atoms with Gasteiger partial charge in [-0.05, 0) is 24.2 Å². The van der Waals surface area contributed by atoms with Crippen LogP contribution in [0, 0.1) is 11.3 Å². The molecule has 1 aromatic carbocycles. The van der Waals surface area contributed by atoms with E-state index in [1.54, 1.807) is 6.20 Å². The minimum Gasteiger partial charge on any atom is -0.366 e. The molecule has 2 heterocycles. The Morgan fingerprint density at radius 3 is 2.59 bits per heavy atom. The van der Waals surface area contributed by atoms with Crippen LogP contribution in [0.25, 0.3) is 16.9 Å². The molecular weight excluding hydrogens is 336 g/mol. The summed E-state index contributed by atoms with van der Waals surface area (Å²) in [6.45, 7) is 7.37. The van der Waals surface area contributed by atoms with Gasteiger partial charge in [-0.2, -0.15) is 0 Å². The highest BCUT2D eigenvalue weighted by molar-refractivity contribution is 5.96. The Balaban J connectivity index is 1.59. The summed E-state index contributed by atoms with van der Waals surface area (Å²) in [5.41, 5.74) is 3.80. The minimum atomic E-state index is 0.159. The zero-order valence-electron chi connectivity index (χ0n) is 16.2. The maximum Gasteiger partial charge on any atom is 0.180 e. The number of aromatic nitrogens is 3. The van der Waals surface area contributed by atoms with E-state index in [0.717, 1.165) is 34.8 Å². The van der Waals surface area contributed by atoms with E-state index >= 15 is 0 Å². The number of nitrogens with zero attached hydrogens (tertiary/aromatic N) is 3. The lowest BCUT2D eigenvalue weighted by molar-refractivity contribution is 0.0976. The quantitative estimate of drug-likeness (QED) is 0.638. The first-order valence-corrected chi connectivity index (χ1v) is 9.60. The van der Waals surface area contributed by atoms with Crippen molar-refractivity contribution in [2.45, 2.75) is 40.0 Å². The molecule has 1 N–H and O–H groups in total. The molecule has 1 saturated carbocycles. The predicted molar refractivity (Wildman–Crippen MR) is 108 cm³/mol. The number of ketones is 1. The van der Waals surface area contributed by atoms with E-state index in [0.29, 0.717) is 12.3 Å². The molecule has 0 aliphatic heterocycles. The molecule has 0 radical (unpaired) electrons. The fraction of sp³-hybridized carbons (Fsp3) is 0.409. The van der Waals surface area contributed by atoms with Gasteiger partial charge < -0.3 is 5.32 Å². The van der Waals surface area contributed by atoms with Crippen LogP contribution in [0.4, 0.5) is 5.82 Å². The topological polar surface area (TPSA) is 59.3 Å². The molecule has 27 heavy (non-hydrogen) atoms. The van der Waals surface area contributed by atoms with E-state index in [1.807, 2.05) is 41.1 Å². The Labute approximate surface area is 159 Å². The lowest BCUT2D eigenvalue weighted by atomic mass is 9.97. The van der Waals surface area contributed by atoms with Crippen LogP contribution in [0.1, 0.15) is 50.4 Å². The summed E-state index contributed by atoms with van der Waals surface area (Å²) in [6.07, 6.45) is 8.66. The molecular formula is C22H26N4O. The zero-order chi connectivity index (χ0) is 19.0. The maximum absolute atomic E-state index is 12.3. The molecule has 0 atom stereocenters. The second kappa shape index (κ2) is 6.80. The van der Waals surface area contributed by atoms with Gasteiger partial charge in [0.15, 0.2) is 17.2 Å². The first kappa shape index (κ1) is 17.7. The average molecular weight is 362 g/mol. The van der Waals surface area contributed by atoms with Crippen LogP contribution in [-0.2, 0) is 0 Å². The monoisotopic (exact) mass is 362 g/mol. The number of nitrogens with one attached hydrogen (secondary N) is 1. The van der Waals surface area contributed by atoms with Crippen LogP contribution in [0.2, 0.25) is 0 Å². The summed E-state index contributed by atoms with van der Waals surface area (Å²) >= 11 is 0. The fourth-order valence-electron chi connectivity index (χ4n) is 3.14. The SMILES string of the molecule is CC(C)(C)CNc1nccn2c(-c3ccc(C(=O)CC4CC4)cc3)cnc12. The van der Waals surface area contributed by atoms with Crippen molar-refractivity contribution >= 4 is 17.2 Å². The molecule has 5 nitrogen and oxygen atoms in total. The van der Waals surface area contributed by atoms with Crippen molar-refractivity contribution in [3.63, 3.8) is 0 Å². The highest BCUT2D eigenvalue weighted by Gasteiger charge is 2.24. The number of imidazole rings is 1. The molecule has 140 valence electrons. The molecule has 3 aromatic rings. The molecule has 0 bridgehead atoms. The van der Waals surface area contributed by atoms with Gasteiger partial charge in [-0.15, -0.1) is 0 Å². The molecule has 5 heteroatoms. The van der Waals surface area contributed by atoms with Gasteiger partial charge in [0.05, 0.1) is 11.9 Å². The third-order valence-electron chi connectivity index (χ3n) is 4.89. The summed E-state index contributed by atoms with van der Waals surface area (Å²) in [5, 5.41) is 3.40. The summed E-state index contributed by atoms with van der Waals surface area (Å²) in [5.74, 6) is 1.65. The average Bonchev–Trinajstić information content (AvgIpc) is 3.34. The molecule has 4 rings (SSSR count). The Kier molecular flexibility index (Phi) is 4.46. The lowest BCUT2D eigenvalue weighted by Gasteiger charge is -2.19. The van der Waals surface area contributed by atoms with Crippen LogP contribution in [0.3, 0.4) is 0 Å². The van der Waals surface area contributed by atoms with E-state index < -0.39 is 0 Å². The van der Waals surface area contributed by atoms with Gasteiger partial charge >= 0.3 is 0 Å². The van der Waals surface area contributed by atoms with Crippen molar-refractivity contribution in [1.29, 1.82) is 0 Å². The van der Waals surface area contributed by atoms with Gasteiger partial charge in [-0.1, -0.05) is 45.0 Å². The number of hydrogen-bond donors (Lipinski definition) is 1. The molecule has 1 aliphatic rings. The molecule has 0 saturated heterocycles. The maximum atomic E-state index is 12.3. The van der Waals surface area contributed by atoms with Crippen molar-refractivity contribution < 1.29 is 4.79 Å². The Bertz CT molecular complexity index is 962. The van der Waals surface area contributed by atoms with E-state index in [2.05, 4.69) is 36.1 Å². The normalized spacial score (nSPS) is 14.5. The number of carbonyl (C=O) groups is 1. The number of rotatable bonds is 6. The highest BCUT2D eigenvalue weighted by atomic mass is 16.1. The summed E-state index contributed by atoms with van der Waals surface area (Å²) < 4.78 is 2.04. The molecule has 2 aromatic heterocycles. The van der Waals surface area contributed by atoms with Crippen LogP contribution in [0.15, 0.2) is 42.9 Å². The number of hydrogen-bond acceptors (Lipinski definition) is 4. The largest absolute Gasteiger partial charge is 0.366 e.